The summed E-state index contributed by atoms with van der Waals surface area (Å²) in [7, 11) is 1.79. The topological polar surface area (TPSA) is 106 Å². The third-order valence-corrected chi connectivity index (χ3v) is 3.47. The van der Waals surface area contributed by atoms with E-state index in [4.69, 9.17) is 0 Å². The normalized spacial score (nSPS) is 12.3. The third kappa shape index (κ3) is 3.27. The van der Waals surface area contributed by atoms with Crippen molar-refractivity contribution in [3.05, 3.63) is 58.4 Å². The molecule has 118 valence electrons. The van der Waals surface area contributed by atoms with E-state index in [0.717, 1.165) is 5.56 Å². The number of aliphatic hydroxyl groups is 1. The van der Waals surface area contributed by atoms with Gasteiger partial charge in [0.2, 0.25) is 0 Å². The van der Waals surface area contributed by atoms with Gasteiger partial charge in [-0.2, -0.15) is 5.10 Å². The van der Waals surface area contributed by atoms with Crippen molar-refractivity contribution in [2.75, 3.05) is 11.9 Å². The van der Waals surface area contributed by atoms with Crippen LogP contribution in [0.3, 0.4) is 0 Å². The lowest BCUT2D eigenvalue weighted by Gasteiger charge is -2.11. The molecule has 8 nitrogen and oxygen atoms in total. The molecule has 0 radical (unpaired) electrons. The van der Waals surface area contributed by atoms with E-state index in [1.807, 2.05) is 0 Å². The van der Waals surface area contributed by atoms with Crippen LogP contribution in [-0.4, -0.2) is 31.3 Å². The fourth-order valence-electron chi connectivity index (χ4n) is 2.26. The molecule has 1 unspecified atom stereocenters. The van der Waals surface area contributed by atoms with Crippen molar-refractivity contribution in [2.45, 2.75) is 6.10 Å². The molecule has 0 aliphatic heterocycles. The number of nitrogens with zero attached hydrogens (tertiary/aromatic N) is 4. The Balaban J connectivity index is 1.73. The zero-order valence-electron chi connectivity index (χ0n) is 12.4. The van der Waals surface area contributed by atoms with Crippen LogP contribution in [0, 0.1) is 10.1 Å². The van der Waals surface area contributed by atoms with Gasteiger partial charge in [-0.15, -0.1) is 0 Å². The van der Waals surface area contributed by atoms with Gasteiger partial charge in [0.05, 0.1) is 22.7 Å². The third-order valence-electron chi connectivity index (χ3n) is 3.47. The van der Waals surface area contributed by atoms with Crippen LogP contribution in [0.25, 0.3) is 10.9 Å². The molecule has 2 heterocycles. The Morgan fingerprint density at radius 2 is 2.22 bits per heavy atom. The maximum atomic E-state index is 10.8. The zero-order chi connectivity index (χ0) is 16.4. The van der Waals surface area contributed by atoms with Gasteiger partial charge in [-0.25, -0.2) is 4.98 Å². The Labute approximate surface area is 131 Å². The minimum absolute atomic E-state index is 0.0343. The Morgan fingerprint density at radius 3 is 2.91 bits per heavy atom. The number of pyridine rings is 1. The van der Waals surface area contributed by atoms with Crippen LogP contribution >= 0.6 is 0 Å². The van der Waals surface area contributed by atoms with Gasteiger partial charge in [-0.1, -0.05) is 0 Å². The summed E-state index contributed by atoms with van der Waals surface area (Å²) in [5, 5.41) is 28.6. The number of non-ortho nitro benzene ring substituents is 1. The van der Waals surface area contributed by atoms with Crippen LogP contribution in [-0.2, 0) is 7.05 Å². The van der Waals surface area contributed by atoms with E-state index in [2.05, 4.69) is 15.4 Å². The number of benzene rings is 1. The number of aryl methyl sites for hydroxylation is 1. The van der Waals surface area contributed by atoms with E-state index in [-0.39, 0.29) is 12.2 Å². The van der Waals surface area contributed by atoms with Crippen LogP contribution in [0.1, 0.15) is 11.7 Å². The molecule has 2 N–H and O–H groups in total. The molecule has 3 rings (SSSR count). The summed E-state index contributed by atoms with van der Waals surface area (Å²) in [4.78, 5) is 14.7. The fraction of sp³-hybridized carbons (Fsp3) is 0.200. The molecule has 0 bridgehead atoms. The summed E-state index contributed by atoms with van der Waals surface area (Å²) in [6, 6.07) is 7.99. The maximum absolute atomic E-state index is 10.8. The molecule has 0 aliphatic carbocycles. The number of hydrogen-bond acceptors (Lipinski definition) is 6. The molecule has 1 aromatic carbocycles. The second-order valence-corrected chi connectivity index (χ2v) is 5.17. The Hall–Kier alpha value is -3.00. The zero-order valence-corrected chi connectivity index (χ0v) is 12.4. The van der Waals surface area contributed by atoms with Crippen molar-refractivity contribution in [2.24, 2.45) is 7.05 Å². The molecule has 8 heteroatoms. The minimum Gasteiger partial charge on any atom is -0.386 e. The SMILES string of the molecule is Cn1cc(C(O)CNc2ccc3cc([N+](=O)[O-])ccc3n2)cn1. The summed E-state index contributed by atoms with van der Waals surface area (Å²) in [6.45, 7) is 0.289. The number of aliphatic hydroxyl groups excluding tert-OH is 1. The molecule has 2 aromatic heterocycles. The molecule has 0 amide bonds. The first kappa shape index (κ1) is 14.9. The van der Waals surface area contributed by atoms with Crippen LogP contribution < -0.4 is 5.32 Å². The van der Waals surface area contributed by atoms with Crippen LogP contribution in [0.5, 0.6) is 0 Å². The van der Waals surface area contributed by atoms with Gasteiger partial charge in [0.1, 0.15) is 5.82 Å². The van der Waals surface area contributed by atoms with Crippen molar-refractivity contribution in [1.29, 1.82) is 0 Å². The number of nitrogens with one attached hydrogen (secondary N) is 1. The van der Waals surface area contributed by atoms with Gasteiger partial charge in [0.15, 0.2) is 0 Å². The lowest BCUT2D eigenvalue weighted by atomic mass is 10.2. The van der Waals surface area contributed by atoms with E-state index in [9.17, 15) is 15.2 Å². The summed E-state index contributed by atoms with van der Waals surface area (Å²) in [5.41, 5.74) is 1.40. The van der Waals surface area contributed by atoms with Crippen molar-refractivity contribution in [3.63, 3.8) is 0 Å². The van der Waals surface area contributed by atoms with Crippen LogP contribution in [0.4, 0.5) is 11.5 Å². The molecule has 23 heavy (non-hydrogen) atoms. The van der Waals surface area contributed by atoms with Crippen LogP contribution in [0.15, 0.2) is 42.7 Å². The van der Waals surface area contributed by atoms with Gasteiger partial charge in [-0.3, -0.25) is 14.8 Å². The highest BCUT2D eigenvalue weighted by Crippen LogP contribution is 2.21. The quantitative estimate of drug-likeness (QED) is 0.551. The van der Waals surface area contributed by atoms with Gasteiger partial charge in [0, 0.05) is 42.9 Å². The number of nitro benzene ring substituents is 1. The van der Waals surface area contributed by atoms with E-state index < -0.39 is 11.0 Å². The maximum Gasteiger partial charge on any atom is 0.270 e. The lowest BCUT2D eigenvalue weighted by molar-refractivity contribution is -0.384. The number of nitro groups is 1. The first-order valence-electron chi connectivity index (χ1n) is 6.98. The Bertz CT molecular complexity index is 861. The lowest BCUT2D eigenvalue weighted by Crippen LogP contribution is -2.12. The Kier molecular flexibility index (Phi) is 3.90. The first-order chi connectivity index (χ1) is 11.0. The van der Waals surface area contributed by atoms with Crippen molar-refractivity contribution in [3.8, 4) is 0 Å². The number of hydrogen-bond donors (Lipinski definition) is 2. The number of aromatic nitrogens is 3. The second-order valence-electron chi connectivity index (χ2n) is 5.17. The van der Waals surface area contributed by atoms with Gasteiger partial charge < -0.3 is 10.4 Å². The standard InChI is InChI=1S/C15H15N5O3/c1-19-9-11(7-17-19)14(21)8-16-15-5-2-10-6-12(20(22)23)3-4-13(10)18-15/h2-7,9,14,21H,8H2,1H3,(H,16,18). The van der Waals surface area contributed by atoms with Gasteiger partial charge in [0.25, 0.3) is 5.69 Å². The average molecular weight is 313 g/mol. The molecular formula is C15H15N5O3. The molecule has 0 saturated heterocycles. The summed E-state index contributed by atoms with van der Waals surface area (Å²) < 4.78 is 1.62. The highest BCUT2D eigenvalue weighted by atomic mass is 16.6. The predicted molar refractivity (Wildman–Crippen MR) is 85.1 cm³/mol. The molecule has 3 aromatic rings. The predicted octanol–water partition coefficient (Wildman–Crippen LogP) is 2.02. The van der Waals surface area contributed by atoms with E-state index in [1.165, 1.54) is 12.1 Å². The minimum atomic E-state index is -0.696. The van der Waals surface area contributed by atoms with Crippen molar-refractivity contribution < 1.29 is 10.0 Å². The highest BCUT2D eigenvalue weighted by Gasteiger charge is 2.10. The van der Waals surface area contributed by atoms with Crippen molar-refractivity contribution in [1.82, 2.24) is 14.8 Å². The number of anilines is 1. The van der Waals surface area contributed by atoms with Crippen molar-refractivity contribution >= 4 is 22.4 Å². The molecule has 0 saturated carbocycles. The fourth-order valence-corrected chi connectivity index (χ4v) is 2.26. The smallest absolute Gasteiger partial charge is 0.270 e. The number of rotatable bonds is 5. The second kappa shape index (κ2) is 6.01. The van der Waals surface area contributed by atoms with E-state index in [1.54, 1.807) is 42.3 Å². The van der Waals surface area contributed by atoms with E-state index in [0.29, 0.717) is 16.7 Å². The summed E-state index contributed by atoms with van der Waals surface area (Å²) >= 11 is 0. The summed E-state index contributed by atoms with van der Waals surface area (Å²) in [5.74, 6) is 0.592. The Morgan fingerprint density at radius 1 is 1.39 bits per heavy atom. The first-order valence-corrected chi connectivity index (χ1v) is 6.98. The van der Waals surface area contributed by atoms with E-state index >= 15 is 0 Å². The molecule has 0 aliphatic rings. The molecule has 0 spiro atoms. The molecule has 0 fully saturated rings. The summed E-state index contributed by atoms with van der Waals surface area (Å²) in [6.07, 6.45) is 2.66. The van der Waals surface area contributed by atoms with Gasteiger partial charge in [-0.05, 0) is 18.2 Å². The monoisotopic (exact) mass is 313 g/mol. The number of fused-ring (bicyclic) bond motifs is 1. The van der Waals surface area contributed by atoms with Gasteiger partial charge >= 0.3 is 0 Å². The van der Waals surface area contributed by atoms with Crippen LogP contribution in [0.2, 0.25) is 0 Å². The highest BCUT2D eigenvalue weighted by molar-refractivity contribution is 5.82. The largest absolute Gasteiger partial charge is 0.386 e. The molecular weight excluding hydrogens is 298 g/mol. The molecule has 1 atom stereocenters. The average Bonchev–Trinajstić information content (AvgIpc) is 2.98.